The van der Waals surface area contributed by atoms with E-state index in [-0.39, 0.29) is 32.6 Å². The highest BCUT2D eigenvalue weighted by molar-refractivity contribution is 7.13. The van der Waals surface area contributed by atoms with Crippen LogP contribution in [0.25, 0.3) is 16.6 Å². The van der Waals surface area contributed by atoms with Crippen LogP contribution in [-0.4, -0.2) is 20.6 Å². The number of carboxylic acid groups (broad SMARTS) is 1. The van der Waals surface area contributed by atoms with E-state index >= 15 is 0 Å². The summed E-state index contributed by atoms with van der Waals surface area (Å²) in [6.45, 7) is 1.95. The van der Waals surface area contributed by atoms with E-state index < -0.39 is 17.2 Å². The molecule has 7 nitrogen and oxygen atoms in total. The number of carbonyl (C=O) groups is 1. The average Bonchev–Trinajstić information content (AvgIpc) is 3.18. The summed E-state index contributed by atoms with van der Waals surface area (Å²) in [5, 5.41) is 11.4. The van der Waals surface area contributed by atoms with Crippen molar-refractivity contribution >= 4 is 51.4 Å². The van der Waals surface area contributed by atoms with Gasteiger partial charge in [0.1, 0.15) is 16.7 Å². The molecule has 0 aliphatic heterocycles. The minimum absolute atomic E-state index is 0.0841. The Morgan fingerprint density at radius 3 is 2.69 bits per heavy atom. The second-order valence-corrected chi connectivity index (χ2v) is 8.64. The first-order valence-corrected chi connectivity index (χ1v) is 11.2. The molecule has 2 aromatic heterocycles. The number of benzene rings is 2. The van der Waals surface area contributed by atoms with Crippen molar-refractivity contribution in [2.45, 2.75) is 19.4 Å². The Balaban J connectivity index is 1.82. The predicted octanol–water partition coefficient (Wildman–Crippen LogP) is 5.28. The monoisotopic (exact) mass is 490 g/mol. The molecule has 0 spiro atoms. The maximum absolute atomic E-state index is 13.1. The molecule has 164 valence electrons. The van der Waals surface area contributed by atoms with Crippen LogP contribution in [-0.2, 0) is 0 Å². The number of aromatic nitrogens is 2. The Kier molecular flexibility index (Phi) is 6.10. The zero-order chi connectivity index (χ0) is 23.0. The first-order valence-electron chi connectivity index (χ1n) is 9.52. The van der Waals surface area contributed by atoms with E-state index in [4.69, 9.17) is 27.9 Å². The third kappa shape index (κ3) is 4.04. The smallest absolute Gasteiger partial charge is 0.346 e. The molecule has 0 radical (unpaired) electrons. The van der Waals surface area contributed by atoms with Crippen LogP contribution in [0.5, 0.6) is 5.75 Å². The molecule has 0 fully saturated rings. The van der Waals surface area contributed by atoms with Crippen molar-refractivity contribution in [1.82, 2.24) is 9.55 Å². The summed E-state index contributed by atoms with van der Waals surface area (Å²) in [5.41, 5.74) is -0.395. The molecule has 0 aliphatic rings. The Labute approximate surface area is 195 Å². The van der Waals surface area contributed by atoms with Crippen LogP contribution in [0.2, 0.25) is 10.0 Å². The van der Waals surface area contributed by atoms with Gasteiger partial charge in [-0.05, 0) is 36.2 Å². The van der Waals surface area contributed by atoms with Crippen molar-refractivity contribution in [3.05, 3.63) is 89.2 Å². The normalized spacial score (nSPS) is 12.1. The zero-order valence-electron chi connectivity index (χ0n) is 16.6. The summed E-state index contributed by atoms with van der Waals surface area (Å²) in [5.74, 6) is -0.873. The molecule has 2 N–H and O–H groups in total. The molecule has 2 heterocycles. The molecule has 32 heavy (non-hydrogen) atoms. The van der Waals surface area contributed by atoms with Crippen LogP contribution >= 0.6 is 34.5 Å². The maximum Gasteiger partial charge on any atom is 0.346 e. The number of hydrogen-bond acceptors (Lipinski definition) is 5. The summed E-state index contributed by atoms with van der Waals surface area (Å²) in [6, 6.07) is 11.9. The third-order valence-electron chi connectivity index (χ3n) is 4.88. The highest BCUT2D eigenvalue weighted by Crippen LogP contribution is 2.30. The second-order valence-electron chi connectivity index (χ2n) is 6.91. The van der Waals surface area contributed by atoms with Gasteiger partial charge in [-0.1, -0.05) is 42.3 Å². The number of fused-ring (bicyclic) bond motifs is 1. The topological polar surface area (TPSA) is 101 Å². The number of ether oxygens (including phenoxy) is 1. The first kappa shape index (κ1) is 22.1. The number of thiophene rings is 1. The Hall–Kier alpha value is -3.07. The number of nitrogens with zero attached hydrogens (tertiary/aromatic N) is 1. The standard InChI is InChI=1S/C22H16Cl2N2O5S/c1-2-17(11-4-3-5-12(23)8-11)31-13-6-7-14(24)16(9-13)26-20(27)18-15(25-22(26)30)10-32-19(18)21(28)29/h3-10,17H,2H2,1H3,(H,25,30)(H,28,29). The highest BCUT2D eigenvalue weighted by atomic mass is 35.5. The Morgan fingerprint density at radius 2 is 2.00 bits per heavy atom. The van der Waals surface area contributed by atoms with E-state index in [0.29, 0.717) is 17.2 Å². The van der Waals surface area contributed by atoms with Crippen molar-refractivity contribution in [3.8, 4) is 11.4 Å². The fourth-order valence-electron chi connectivity index (χ4n) is 3.41. The van der Waals surface area contributed by atoms with Crippen LogP contribution < -0.4 is 16.0 Å². The number of H-pyrrole nitrogens is 1. The number of halogens is 2. The van der Waals surface area contributed by atoms with Crippen LogP contribution in [0.15, 0.2) is 57.4 Å². The van der Waals surface area contributed by atoms with Gasteiger partial charge in [-0.15, -0.1) is 11.3 Å². The molecule has 1 atom stereocenters. The van der Waals surface area contributed by atoms with Gasteiger partial charge in [0.05, 0.1) is 21.6 Å². The number of aromatic carboxylic acids is 1. The summed E-state index contributed by atoms with van der Waals surface area (Å²) in [6.07, 6.45) is 0.317. The largest absolute Gasteiger partial charge is 0.486 e. The van der Waals surface area contributed by atoms with Crippen LogP contribution in [0.4, 0.5) is 0 Å². The van der Waals surface area contributed by atoms with Crippen molar-refractivity contribution in [1.29, 1.82) is 0 Å². The first-order chi connectivity index (χ1) is 15.3. The number of aromatic amines is 1. The maximum atomic E-state index is 13.1. The van der Waals surface area contributed by atoms with Crippen LogP contribution in [0.3, 0.4) is 0 Å². The molecule has 1 unspecified atom stereocenters. The second kappa shape index (κ2) is 8.82. The van der Waals surface area contributed by atoms with Crippen LogP contribution in [0, 0.1) is 0 Å². The van der Waals surface area contributed by atoms with Gasteiger partial charge in [-0.25, -0.2) is 14.2 Å². The van der Waals surface area contributed by atoms with E-state index in [1.165, 1.54) is 17.5 Å². The lowest BCUT2D eigenvalue weighted by atomic mass is 10.1. The summed E-state index contributed by atoms with van der Waals surface area (Å²) >= 11 is 13.3. The SMILES string of the molecule is CCC(Oc1ccc(Cl)c(-n2c(=O)[nH]c3csc(C(=O)O)c3c2=O)c1)c1cccc(Cl)c1. The molecular formula is C22H16Cl2N2O5S. The van der Waals surface area contributed by atoms with E-state index in [1.807, 2.05) is 19.1 Å². The van der Waals surface area contributed by atoms with Gasteiger partial charge in [0, 0.05) is 16.5 Å². The molecule has 0 amide bonds. The molecular weight excluding hydrogens is 475 g/mol. The van der Waals surface area contributed by atoms with E-state index in [1.54, 1.807) is 18.2 Å². The number of carboxylic acids is 1. The highest BCUT2D eigenvalue weighted by Gasteiger charge is 2.21. The van der Waals surface area contributed by atoms with Gasteiger partial charge in [0.25, 0.3) is 5.56 Å². The molecule has 0 saturated carbocycles. The molecule has 4 aromatic rings. The summed E-state index contributed by atoms with van der Waals surface area (Å²) in [4.78, 5) is 39.7. The van der Waals surface area contributed by atoms with Gasteiger partial charge in [-0.2, -0.15) is 0 Å². The molecule has 0 bridgehead atoms. The molecule has 0 saturated heterocycles. The van der Waals surface area contributed by atoms with Crippen LogP contribution in [0.1, 0.15) is 34.7 Å². The van der Waals surface area contributed by atoms with Crippen molar-refractivity contribution in [2.75, 3.05) is 0 Å². The Bertz CT molecular complexity index is 1460. The molecule has 0 aliphatic carbocycles. The zero-order valence-corrected chi connectivity index (χ0v) is 18.9. The van der Waals surface area contributed by atoms with Gasteiger partial charge >= 0.3 is 11.7 Å². The van der Waals surface area contributed by atoms with Crippen molar-refractivity contribution < 1.29 is 14.6 Å². The minimum Gasteiger partial charge on any atom is -0.486 e. The van der Waals surface area contributed by atoms with Gasteiger partial charge < -0.3 is 14.8 Å². The minimum atomic E-state index is -1.25. The summed E-state index contributed by atoms with van der Waals surface area (Å²) in [7, 11) is 0. The number of nitrogens with one attached hydrogen (secondary N) is 1. The van der Waals surface area contributed by atoms with E-state index in [9.17, 15) is 19.5 Å². The van der Waals surface area contributed by atoms with Gasteiger partial charge in [0.15, 0.2) is 0 Å². The molecule has 4 rings (SSSR count). The molecule has 10 heteroatoms. The van der Waals surface area contributed by atoms with E-state index in [0.717, 1.165) is 21.5 Å². The Morgan fingerprint density at radius 1 is 1.22 bits per heavy atom. The van der Waals surface area contributed by atoms with Crippen molar-refractivity contribution in [3.63, 3.8) is 0 Å². The van der Waals surface area contributed by atoms with Gasteiger partial charge in [-0.3, -0.25) is 4.79 Å². The summed E-state index contributed by atoms with van der Waals surface area (Å²) < 4.78 is 6.92. The van der Waals surface area contributed by atoms with E-state index in [2.05, 4.69) is 4.98 Å². The van der Waals surface area contributed by atoms with Gasteiger partial charge in [0.2, 0.25) is 0 Å². The number of hydrogen-bond donors (Lipinski definition) is 2. The average molecular weight is 491 g/mol. The predicted molar refractivity (Wildman–Crippen MR) is 125 cm³/mol. The molecule has 2 aromatic carbocycles. The lowest BCUT2D eigenvalue weighted by molar-refractivity contribution is 0.0704. The lowest BCUT2D eigenvalue weighted by Crippen LogP contribution is -2.34. The lowest BCUT2D eigenvalue weighted by Gasteiger charge is -2.19. The number of rotatable bonds is 6. The third-order valence-corrected chi connectivity index (χ3v) is 6.40. The fraction of sp³-hybridized carbons (Fsp3) is 0.136. The fourth-order valence-corrected chi connectivity index (χ4v) is 4.64. The van der Waals surface area contributed by atoms with Crippen molar-refractivity contribution in [2.24, 2.45) is 0 Å². The quantitative estimate of drug-likeness (QED) is 0.383.